The SMILES string of the molecule is CCc1cccc2c(C(=O)[C@H](OC(=O)c3cccc[n+]3[O-])c3ccccc3)c[nH]c12. The maximum absolute atomic E-state index is 13.5. The summed E-state index contributed by atoms with van der Waals surface area (Å²) in [5, 5.41) is 12.7. The molecule has 0 unspecified atom stereocenters. The number of ketones is 1. The number of para-hydroxylation sites is 1. The van der Waals surface area contributed by atoms with Gasteiger partial charge in [0.05, 0.1) is 0 Å². The van der Waals surface area contributed by atoms with E-state index >= 15 is 0 Å². The molecule has 6 nitrogen and oxygen atoms in total. The van der Waals surface area contributed by atoms with E-state index in [1.165, 1.54) is 18.3 Å². The van der Waals surface area contributed by atoms with Gasteiger partial charge in [0.1, 0.15) is 0 Å². The van der Waals surface area contributed by atoms with Crippen LogP contribution in [0.2, 0.25) is 0 Å². The molecule has 4 rings (SSSR count). The summed E-state index contributed by atoms with van der Waals surface area (Å²) >= 11 is 0. The van der Waals surface area contributed by atoms with Gasteiger partial charge in [0, 0.05) is 40.4 Å². The molecule has 0 fully saturated rings. The van der Waals surface area contributed by atoms with Gasteiger partial charge in [-0.05, 0) is 18.1 Å². The highest BCUT2D eigenvalue weighted by molar-refractivity contribution is 6.11. The number of hydrogen-bond donors (Lipinski definition) is 1. The van der Waals surface area contributed by atoms with Crippen molar-refractivity contribution in [2.24, 2.45) is 0 Å². The average Bonchev–Trinajstić information content (AvgIpc) is 3.22. The first-order chi connectivity index (χ1) is 14.6. The minimum absolute atomic E-state index is 0.182. The maximum Gasteiger partial charge on any atom is 0.406 e. The van der Waals surface area contributed by atoms with Gasteiger partial charge in [-0.2, -0.15) is 4.73 Å². The second-order valence-electron chi connectivity index (χ2n) is 6.87. The van der Waals surface area contributed by atoms with Crippen molar-refractivity contribution < 1.29 is 19.1 Å². The number of aryl methyl sites for hydroxylation is 1. The van der Waals surface area contributed by atoms with Crippen LogP contribution in [0.15, 0.2) is 79.1 Å². The number of benzene rings is 2. The van der Waals surface area contributed by atoms with Gasteiger partial charge >= 0.3 is 11.7 Å². The van der Waals surface area contributed by atoms with Gasteiger partial charge in [0.2, 0.25) is 5.78 Å². The molecule has 0 aliphatic heterocycles. The summed E-state index contributed by atoms with van der Waals surface area (Å²) in [5.74, 6) is -1.22. The van der Waals surface area contributed by atoms with Crippen molar-refractivity contribution in [3.05, 3.63) is 107 Å². The van der Waals surface area contributed by atoms with E-state index in [0.29, 0.717) is 15.9 Å². The number of carbonyl (C=O) groups excluding carboxylic acids is 2. The Hall–Kier alpha value is -3.93. The number of aromatic amines is 1. The Morgan fingerprint density at radius 1 is 1.03 bits per heavy atom. The number of aromatic nitrogens is 2. The largest absolute Gasteiger partial charge is 0.618 e. The van der Waals surface area contributed by atoms with Crippen LogP contribution in [-0.4, -0.2) is 16.7 Å². The van der Waals surface area contributed by atoms with Crippen LogP contribution in [0.3, 0.4) is 0 Å². The van der Waals surface area contributed by atoms with E-state index in [0.717, 1.165) is 22.9 Å². The Morgan fingerprint density at radius 3 is 2.53 bits per heavy atom. The van der Waals surface area contributed by atoms with Gasteiger partial charge in [-0.25, -0.2) is 4.79 Å². The molecule has 0 aliphatic rings. The summed E-state index contributed by atoms with van der Waals surface area (Å²) in [6, 6.07) is 19.0. The number of ether oxygens (including phenoxy) is 1. The van der Waals surface area contributed by atoms with Crippen LogP contribution in [-0.2, 0) is 11.2 Å². The summed E-state index contributed by atoms with van der Waals surface area (Å²) in [7, 11) is 0. The van der Waals surface area contributed by atoms with Gasteiger partial charge in [0.25, 0.3) is 0 Å². The fraction of sp³-hybridized carbons (Fsp3) is 0.125. The monoisotopic (exact) mass is 400 g/mol. The van der Waals surface area contributed by atoms with Crippen LogP contribution in [0.4, 0.5) is 0 Å². The first kappa shape index (κ1) is 19.4. The lowest BCUT2D eigenvalue weighted by Crippen LogP contribution is -2.35. The zero-order valence-electron chi connectivity index (χ0n) is 16.4. The first-order valence-electron chi connectivity index (χ1n) is 9.67. The summed E-state index contributed by atoms with van der Waals surface area (Å²) < 4.78 is 6.00. The molecular formula is C24H20N2O4. The first-order valence-corrected chi connectivity index (χ1v) is 9.67. The summed E-state index contributed by atoms with van der Waals surface area (Å²) in [4.78, 5) is 29.3. The zero-order valence-corrected chi connectivity index (χ0v) is 16.4. The normalized spacial score (nSPS) is 11.9. The van der Waals surface area contributed by atoms with E-state index in [2.05, 4.69) is 4.98 Å². The Bertz CT molecular complexity index is 1210. The smallest absolute Gasteiger partial charge is 0.406 e. The highest BCUT2D eigenvalue weighted by atomic mass is 16.6. The van der Waals surface area contributed by atoms with Crippen LogP contribution in [0.25, 0.3) is 10.9 Å². The molecule has 2 aromatic carbocycles. The molecule has 2 aromatic heterocycles. The quantitative estimate of drug-likeness (QED) is 0.228. The van der Waals surface area contributed by atoms with E-state index < -0.39 is 12.1 Å². The van der Waals surface area contributed by atoms with Crippen molar-refractivity contribution in [2.75, 3.05) is 0 Å². The van der Waals surface area contributed by atoms with E-state index in [4.69, 9.17) is 4.74 Å². The molecule has 1 N–H and O–H groups in total. The predicted molar refractivity (Wildman–Crippen MR) is 112 cm³/mol. The average molecular weight is 400 g/mol. The van der Waals surface area contributed by atoms with Crippen LogP contribution < -0.4 is 4.73 Å². The van der Waals surface area contributed by atoms with Crippen LogP contribution in [0, 0.1) is 5.21 Å². The van der Waals surface area contributed by atoms with Crippen molar-refractivity contribution in [3.8, 4) is 0 Å². The lowest BCUT2D eigenvalue weighted by molar-refractivity contribution is -0.608. The predicted octanol–water partition coefficient (Wildman–Crippen LogP) is 4.14. The van der Waals surface area contributed by atoms with Crippen LogP contribution >= 0.6 is 0 Å². The molecule has 0 radical (unpaired) electrons. The topological polar surface area (TPSA) is 86.1 Å². The Labute approximate surface area is 173 Å². The van der Waals surface area contributed by atoms with E-state index in [9.17, 15) is 14.8 Å². The molecule has 0 bridgehead atoms. The Balaban J connectivity index is 1.75. The van der Waals surface area contributed by atoms with Gasteiger partial charge in [-0.15, -0.1) is 0 Å². The minimum Gasteiger partial charge on any atom is -0.618 e. The zero-order chi connectivity index (χ0) is 21.1. The van der Waals surface area contributed by atoms with Gasteiger partial charge in [-0.3, -0.25) is 4.79 Å². The number of Topliss-reactive ketones (excluding diaryl/α,β-unsaturated/α-hetero) is 1. The van der Waals surface area contributed by atoms with E-state index in [-0.39, 0.29) is 11.5 Å². The fourth-order valence-electron chi connectivity index (χ4n) is 3.51. The van der Waals surface area contributed by atoms with E-state index in [1.54, 1.807) is 36.5 Å². The number of esters is 1. The van der Waals surface area contributed by atoms with E-state index in [1.807, 2.05) is 31.2 Å². The van der Waals surface area contributed by atoms with Crippen molar-refractivity contribution in [2.45, 2.75) is 19.4 Å². The molecule has 0 spiro atoms. The standard InChI is InChI=1S/C24H20N2O4/c1-2-16-11-8-12-18-19(15-25-21(16)18)22(27)23(17-9-4-3-5-10-17)30-24(28)20-13-6-7-14-26(20)29/h3-15,23,25H,2H2,1H3/t23-/m1/s1. The summed E-state index contributed by atoms with van der Waals surface area (Å²) in [6.07, 6.45) is 2.50. The van der Waals surface area contributed by atoms with Crippen molar-refractivity contribution in [3.63, 3.8) is 0 Å². The van der Waals surface area contributed by atoms with Crippen molar-refractivity contribution >= 4 is 22.7 Å². The molecule has 150 valence electrons. The molecule has 0 amide bonds. The maximum atomic E-state index is 13.5. The second-order valence-corrected chi connectivity index (χ2v) is 6.87. The third kappa shape index (κ3) is 3.55. The number of pyridine rings is 1. The molecule has 2 heterocycles. The number of H-pyrrole nitrogens is 1. The number of carbonyl (C=O) groups is 2. The van der Waals surface area contributed by atoms with Crippen LogP contribution in [0.1, 0.15) is 45.0 Å². The highest BCUT2D eigenvalue weighted by Crippen LogP contribution is 2.29. The lowest BCUT2D eigenvalue weighted by atomic mass is 9.98. The van der Waals surface area contributed by atoms with Crippen LogP contribution in [0.5, 0.6) is 0 Å². The highest BCUT2D eigenvalue weighted by Gasteiger charge is 2.31. The van der Waals surface area contributed by atoms with Gasteiger partial charge in [-0.1, -0.05) is 55.5 Å². The third-order valence-corrected chi connectivity index (χ3v) is 5.05. The second kappa shape index (κ2) is 8.21. The number of nitrogens with one attached hydrogen (secondary N) is 1. The Morgan fingerprint density at radius 2 is 1.80 bits per heavy atom. The van der Waals surface area contributed by atoms with Crippen molar-refractivity contribution in [1.29, 1.82) is 0 Å². The number of hydrogen-bond acceptors (Lipinski definition) is 4. The minimum atomic E-state index is -1.18. The third-order valence-electron chi connectivity index (χ3n) is 5.05. The fourth-order valence-corrected chi connectivity index (χ4v) is 3.51. The molecule has 0 saturated heterocycles. The molecule has 0 saturated carbocycles. The summed E-state index contributed by atoms with van der Waals surface area (Å²) in [5.41, 5.74) is 2.77. The number of rotatable bonds is 6. The Kier molecular flexibility index (Phi) is 5.30. The molecule has 4 aromatic rings. The molecular weight excluding hydrogens is 380 g/mol. The lowest BCUT2D eigenvalue weighted by Gasteiger charge is -2.17. The molecule has 30 heavy (non-hydrogen) atoms. The molecule has 6 heteroatoms. The number of nitrogens with zero attached hydrogens (tertiary/aromatic N) is 1. The van der Waals surface area contributed by atoms with Crippen molar-refractivity contribution in [1.82, 2.24) is 4.98 Å². The van der Waals surface area contributed by atoms with Gasteiger partial charge < -0.3 is 14.9 Å². The molecule has 0 aliphatic carbocycles. The van der Waals surface area contributed by atoms with Gasteiger partial charge in [0.15, 0.2) is 12.3 Å². The number of fused-ring (bicyclic) bond motifs is 1. The molecule has 1 atom stereocenters. The summed E-state index contributed by atoms with van der Waals surface area (Å²) in [6.45, 7) is 2.05.